The maximum absolute atomic E-state index is 13.1. The van der Waals surface area contributed by atoms with Crippen LogP contribution in [0.5, 0.6) is 0 Å². The van der Waals surface area contributed by atoms with Crippen LogP contribution in [0, 0.1) is 0 Å². The van der Waals surface area contributed by atoms with Crippen molar-refractivity contribution in [3.8, 4) is 0 Å². The molecule has 2 aliphatic rings. The summed E-state index contributed by atoms with van der Waals surface area (Å²) in [6.07, 6.45) is 4.20. The fraction of sp³-hybridized carbons (Fsp3) is 0.682. The minimum Gasteiger partial charge on any atom is -0.341 e. The summed E-state index contributed by atoms with van der Waals surface area (Å²) >= 11 is 0. The van der Waals surface area contributed by atoms with Crippen LogP contribution in [0.25, 0.3) is 0 Å². The first kappa shape index (κ1) is 19.4. The van der Waals surface area contributed by atoms with Crippen molar-refractivity contribution >= 4 is 5.91 Å². The first-order valence-corrected chi connectivity index (χ1v) is 10.2. The highest BCUT2D eigenvalue weighted by Gasteiger charge is 2.31. The predicted octanol–water partition coefficient (Wildman–Crippen LogP) is 2.98. The van der Waals surface area contributed by atoms with E-state index in [4.69, 9.17) is 0 Å². The standard InChI is InChI=1S/C22H35N3O/c1-22(2,19-9-5-4-6-10-19)17-21(26)25-12-8-7-11-20(18-25)24-15-13-23(3)14-16-24/h4-6,9-10,20H,7-8,11-18H2,1-3H3. The molecular weight excluding hydrogens is 322 g/mol. The average molecular weight is 358 g/mol. The molecule has 4 nitrogen and oxygen atoms in total. The third kappa shape index (κ3) is 4.86. The van der Waals surface area contributed by atoms with Crippen molar-refractivity contribution in [1.82, 2.24) is 14.7 Å². The molecular formula is C22H35N3O. The quantitative estimate of drug-likeness (QED) is 0.829. The van der Waals surface area contributed by atoms with Gasteiger partial charge in [-0.2, -0.15) is 0 Å². The lowest BCUT2D eigenvalue weighted by Crippen LogP contribution is -2.52. The Morgan fingerprint density at radius 3 is 2.42 bits per heavy atom. The zero-order valence-corrected chi connectivity index (χ0v) is 16.8. The van der Waals surface area contributed by atoms with E-state index in [1.165, 1.54) is 18.4 Å². The maximum atomic E-state index is 13.1. The fourth-order valence-corrected chi connectivity index (χ4v) is 4.31. The van der Waals surface area contributed by atoms with Crippen LogP contribution in [0.1, 0.15) is 45.1 Å². The topological polar surface area (TPSA) is 26.8 Å². The van der Waals surface area contributed by atoms with Crippen LogP contribution in [-0.2, 0) is 10.2 Å². The largest absolute Gasteiger partial charge is 0.341 e. The van der Waals surface area contributed by atoms with Crippen molar-refractivity contribution in [3.05, 3.63) is 35.9 Å². The molecule has 3 rings (SSSR count). The summed E-state index contributed by atoms with van der Waals surface area (Å²) in [6.45, 7) is 10.8. The molecule has 0 aromatic heterocycles. The molecule has 1 atom stereocenters. The monoisotopic (exact) mass is 357 g/mol. The lowest BCUT2D eigenvalue weighted by atomic mass is 9.81. The van der Waals surface area contributed by atoms with Gasteiger partial charge in [0.25, 0.3) is 0 Å². The zero-order valence-electron chi connectivity index (χ0n) is 16.8. The van der Waals surface area contributed by atoms with E-state index < -0.39 is 0 Å². The average Bonchev–Trinajstić information content (AvgIpc) is 2.89. The number of rotatable bonds is 4. The summed E-state index contributed by atoms with van der Waals surface area (Å²) in [5.41, 5.74) is 1.13. The van der Waals surface area contributed by atoms with E-state index in [1.54, 1.807) is 0 Å². The van der Waals surface area contributed by atoms with Gasteiger partial charge in [0.2, 0.25) is 5.91 Å². The van der Waals surface area contributed by atoms with E-state index in [1.807, 2.05) is 6.07 Å². The van der Waals surface area contributed by atoms with Gasteiger partial charge in [-0.1, -0.05) is 50.6 Å². The number of benzene rings is 1. The van der Waals surface area contributed by atoms with Crippen molar-refractivity contribution in [3.63, 3.8) is 0 Å². The van der Waals surface area contributed by atoms with Gasteiger partial charge < -0.3 is 9.80 Å². The molecule has 2 fully saturated rings. The number of piperazine rings is 1. The minimum absolute atomic E-state index is 0.117. The molecule has 0 aliphatic carbocycles. The first-order chi connectivity index (χ1) is 12.5. The second-order valence-corrected chi connectivity index (χ2v) is 8.76. The number of likely N-dealkylation sites (tertiary alicyclic amines) is 1. The SMILES string of the molecule is CN1CCN(C2CCCCN(C(=O)CC(C)(C)c3ccccc3)C2)CC1. The number of hydrogen-bond donors (Lipinski definition) is 0. The van der Waals surface area contributed by atoms with Gasteiger partial charge in [-0.15, -0.1) is 0 Å². The van der Waals surface area contributed by atoms with E-state index >= 15 is 0 Å². The Morgan fingerprint density at radius 1 is 1.04 bits per heavy atom. The van der Waals surface area contributed by atoms with Crippen molar-refractivity contribution < 1.29 is 4.79 Å². The first-order valence-electron chi connectivity index (χ1n) is 10.2. The van der Waals surface area contributed by atoms with Gasteiger partial charge in [0.15, 0.2) is 0 Å². The molecule has 0 radical (unpaired) electrons. The van der Waals surface area contributed by atoms with Crippen LogP contribution < -0.4 is 0 Å². The Morgan fingerprint density at radius 2 is 1.73 bits per heavy atom. The molecule has 26 heavy (non-hydrogen) atoms. The Bertz CT molecular complexity index is 578. The van der Waals surface area contributed by atoms with E-state index in [0.717, 1.165) is 45.7 Å². The van der Waals surface area contributed by atoms with Gasteiger partial charge in [0, 0.05) is 51.7 Å². The summed E-state index contributed by atoms with van der Waals surface area (Å²) in [7, 11) is 2.20. The van der Waals surface area contributed by atoms with Gasteiger partial charge in [-0.3, -0.25) is 9.69 Å². The van der Waals surface area contributed by atoms with Gasteiger partial charge in [-0.05, 0) is 30.9 Å². The van der Waals surface area contributed by atoms with E-state index in [9.17, 15) is 4.79 Å². The Hall–Kier alpha value is -1.39. The Balaban J connectivity index is 1.62. The predicted molar refractivity (Wildman–Crippen MR) is 107 cm³/mol. The van der Waals surface area contributed by atoms with Gasteiger partial charge in [0.1, 0.15) is 0 Å². The summed E-state index contributed by atoms with van der Waals surface area (Å²) in [4.78, 5) is 20.3. The van der Waals surface area contributed by atoms with Crippen LogP contribution in [0.15, 0.2) is 30.3 Å². The molecule has 2 aliphatic heterocycles. The van der Waals surface area contributed by atoms with Crippen LogP contribution in [-0.4, -0.2) is 73.0 Å². The van der Waals surface area contributed by atoms with Crippen LogP contribution in [0.3, 0.4) is 0 Å². The third-order valence-corrected chi connectivity index (χ3v) is 6.20. The summed E-state index contributed by atoms with van der Waals surface area (Å²) in [6, 6.07) is 11.0. The number of hydrogen-bond acceptors (Lipinski definition) is 3. The molecule has 1 unspecified atom stereocenters. The number of nitrogens with zero attached hydrogens (tertiary/aromatic N) is 3. The molecule has 0 spiro atoms. The number of carbonyl (C=O) groups is 1. The lowest BCUT2D eigenvalue weighted by Gasteiger charge is -2.39. The highest BCUT2D eigenvalue weighted by Crippen LogP contribution is 2.28. The number of amides is 1. The smallest absolute Gasteiger partial charge is 0.223 e. The maximum Gasteiger partial charge on any atom is 0.223 e. The van der Waals surface area contributed by atoms with Crippen LogP contribution in [0.4, 0.5) is 0 Å². The molecule has 0 saturated carbocycles. The van der Waals surface area contributed by atoms with Crippen LogP contribution >= 0.6 is 0 Å². The summed E-state index contributed by atoms with van der Waals surface area (Å²) in [5.74, 6) is 0.319. The molecule has 4 heteroatoms. The van der Waals surface area contributed by atoms with Gasteiger partial charge >= 0.3 is 0 Å². The van der Waals surface area contributed by atoms with E-state index in [2.05, 4.69) is 59.9 Å². The fourth-order valence-electron chi connectivity index (χ4n) is 4.31. The summed E-state index contributed by atoms with van der Waals surface area (Å²) < 4.78 is 0. The second kappa shape index (κ2) is 8.53. The minimum atomic E-state index is -0.117. The van der Waals surface area contributed by atoms with Crippen LogP contribution in [0.2, 0.25) is 0 Å². The molecule has 144 valence electrons. The normalized spacial score (nSPS) is 23.7. The van der Waals surface area contributed by atoms with Gasteiger partial charge in [0.05, 0.1) is 0 Å². The molecule has 2 saturated heterocycles. The molecule has 1 aromatic carbocycles. The van der Waals surface area contributed by atoms with Crippen molar-refractivity contribution in [1.29, 1.82) is 0 Å². The summed E-state index contributed by atoms with van der Waals surface area (Å²) in [5, 5.41) is 0. The molecule has 1 amide bonds. The second-order valence-electron chi connectivity index (χ2n) is 8.76. The van der Waals surface area contributed by atoms with E-state index in [-0.39, 0.29) is 5.41 Å². The van der Waals surface area contributed by atoms with Gasteiger partial charge in [-0.25, -0.2) is 0 Å². The lowest BCUT2D eigenvalue weighted by molar-refractivity contribution is -0.133. The third-order valence-electron chi connectivity index (χ3n) is 6.20. The van der Waals surface area contributed by atoms with Crippen molar-refractivity contribution in [2.24, 2.45) is 0 Å². The molecule has 0 N–H and O–H groups in total. The van der Waals surface area contributed by atoms with Crippen molar-refractivity contribution in [2.45, 2.75) is 51.0 Å². The highest BCUT2D eigenvalue weighted by atomic mass is 16.2. The Labute approximate surface area is 159 Å². The zero-order chi connectivity index (χ0) is 18.6. The molecule has 0 bridgehead atoms. The highest BCUT2D eigenvalue weighted by molar-refractivity contribution is 5.77. The number of likely N-dealkylation sites (N-methyl/N-ethyl adjacent to an activating group) is 1. The Kier molecular flexibility index (Phi) is 6.36. The molecule has 2 heterocycles. The molecule has 1 aromatic rings. The number of carbonyl (C=O) groups excluding carboxylic acids is 1. The van der Waals surface area contributed by atoms with E-state index in [0.29, 0.717) is 18.4 Å². The van der Waals surface area contributed by atoms with Crippen molar-refractivity contribution in [2.75, 3.05) is 46.3 Å².